The van der Waals surface area contributed by atoms with Crippen LogP contribution in [0.3, 0.4) is 0 Å². The molecule has 0 aliphatic carbocycles. The molecule has 3 nitrogen and oxygen atoms in total. The molecule has 1 aromatic rings. The SMILES string of the molecule is CC(C)(CCO)CNc1ccc(N)cc1F. The van der Waals surface area contributed by atoms with Gasteiger partial charge in [0.05, 0.1) is 5.69 Å². The molecule has 4 heteroatoms. The van der Waals surface area contributed by atoms with Gasteiger partial charge in [0, 0.05) is 18.8 Å². The number of halogens is 1. The topological polar surface area (TPSA) is 58.3 Å². The Bertz CT molecular complexity index is 353. The second kappa shape index (κ2) is 5.16. The van der Waals surface area contributed by atoms with Crippen molar-refractivity contribution in [3.8, 4) is 0 Å². The zero-order chi connectivity index (χ0) is 12.2. The highest BCUT2D eigenvalue weighted by atomic mass is 19.1. The van der Waals surface area contributed by atoms with Crippen LogP contribution in [0.25, 0.3) is 0 Å². The Morgan fingerprint density at radius 1 is 1.44 bits per heavy atom. The van der Waals surface area contributed by atoms with Gasteiger partial charge in [-0.1, -0.05) is 13.8 Å². The Labute approximate surface area is 95.5 Å². The van der Waals surface area contributed by atoms with Gasteiger partial charge in [-0.2, -0.15) is 0 Å². The van der Waals surface area contributed by atoms with E-state index in [1.165, 1.54) is 6.07 Å². The molecule has 0 saturated heterocycles. The highest BCUT2D eigenvalue weighted by molar-refractivity contribution is 5.52. The number of hydrogen-bond acceptors (Lipinski definition) is 3. The van der Waals surface area contributed by atoms with E-state index in [-0.39, 0.29) is 17.8 Å². The number of aliphatic hydroxyl groups excluding tert-OH is 1. The number of anilines is 2. The van der Waals surface area contributed by atoms with Gasteiger partial charge in [0.25, 0.3) is 0 Å². The predicted octanol–water partition coefficient (Wildman–Crippen LogP) is 2.23. The van der Waals surface area contributed by atoms with E-state index < -0.39 is 0 Å². The molecule has 0 aromatic heterocycles. The van der Waals surface area contributed by atoms with Crippen LogP contribution in [-0.2, 0) is 0 Å². The second-order valence-corrected chi connectivity index (χ2v) is 4.73. The lowest BCUT2D eigenvalue weighted by Crippen LogP contribution is -2.24. The van der Waals surface area contributed by atoms with E-state index in [0.717, 1.165) is 0 Å². The standard InChI is InChI=1S/C12H19FN2O/c1-12(2,5-6-16)8-15-11-4-3-9(14)7-10(11)13/h3-4,7,15-16H,5-6,8,14H2,1-2H3. The van der Waals surface area contributed by atoms with E-state index in [1.54, 1.807) is 12.1 Å². The average molecular weight is 226 g/mol. The number of nitrogens with one attached hydrogen (secondary N) is 1. The Morgan fingerprint density at radius 2 is 2.12 bits per heavy atom. The van der Waals surface area contributed by atoms with Crippen LogP contribution in [0.2, 0.25) is 0 Å². The molecule has 0 saturated carbocycles. The van der Waals surface area contributed by atoms with Crippen molar-refractivity contribution in [2.75, 3.05) is 24.2 Å². The highest BCUT2D eigenvalue weighted by Crippen LogP contribution is 2.22. The number of nitrogen functional groups attached to an aromatic ring is 1. The average Bonchev–Trinajstić information content (AvgIpc) is 2.16. The van der Waals surface area contributed by atoms with Gasteiger partial charge in [0.15, 0.2) is 0 Å². The molecule has 16 heavy (non-hydrogen) atoms. The van der Waals surface area contributed by atoms with Crippen molar-refractivity contribution in [1.29, 1.82) is 0 Å². The maximum absolute atomic E-state index is 13.4. The fourth-order valence-electron chi connectivity index (χ4n) is 1.40. The fourth-order valence-corrected chi connectivity index (χ4v) is 1.40. The first-order valence-corrected chi connectivity index (χ1v) is 5.34. The summed E-state index contributed by atoms with van der Waals surface area (Å²) >= 11 is 0. The maximum Gasteiger partial charge on any atom is 0.148 e. The second-order valence-electron chi connectivity index (χ2n) is 4.73. The number of rotatable bonds is 5. The lowest BCUT2D eigenvalue weighted by molar-refractivity contribution is 0.220. The number of nitrogens with two attached hydrogens (primary N) is 1. The van der Waals surface area contributed by atoms with E-state index in [0.29, 0.717) is 24.3 Å². The molecule has 0 bridgehead atoms. The molecule has 4 N–H and O–H groups in total. The zero-order valence-corrected chi connectivity index (χ0v) is 9.76. The molecule has 0 amide bonds. The van der Waals surface area contributed by atoms with Gasteiger partial charge in [-0.15, -0.1) is 0 Å². The first-order valence-electron chi connectivity index (χ1n) is 5.34. The van der Waals surface area contributed by atoms with E-state index in [9.17, 15) is 4.39 Å². The first-order chi connectivity index (χ1) is 7.44. The third-order valence-electron chi connectivity index (χ3n) is 2.54. The molecule has 0 spiro atoms. The summed E-state index contributed by atoms with van der Waals surface area (Å²) in [5.41, 5.74) is 6.25. The van der Waals surface area contributed by atoms with Gasteiger partial charge in [0.2, 0.25) is 0 Å². The Hall–Kier alpha value is -1.29. The summed E-state index contributed by atoms with van der Waals surface area (Å²) in [4.78, 5) is 0. The molecule has 0 atom stereocenters. The maximum atomic E-state index is 13.4. The van der Waals surface area contributed by atoms with Gasteiger partial charge < -0.3 is 16.2 Å². The van der Waals surface area contributed by atoms with Crippen molar-refractivity contribution in [3.05, 3.63) is 24.0 Å². The van der Waals surface area contributed by atoms with Crippen molar-refractivity contribution < 1.29 is 9.50 Å². The fraction of sp³-hybridized carbons (Fsp3) is 0.500. The van der Waals surface area contributed by atoms with Crippen LogP contribution >= 0.6 is 0 Å². The van der Waals surface area contributed by atoms with Crippen molar-refractivity contribution in [1.82, 2.24) is 0 Å². The number of hydrogen-bond donors (Lipinski definition) is 3. The van der Waals surface area contributed by atoms with E-state index in [4.69, 9.17) is 10.8 Å². The molecule has 0 fully saturated rings. The summed E-state index contributed by atoms with van der Waals surface area (Å²) in [6.07, 6.45) is 0.677. The summed E-state index contributed by atoms with van der Waals surface area (Å²) in [6.45, 7) is 4.78. The lowest BCUT2D eigenvalue weighted by atomic mass is 9.89. The first kappa shape index (κ1) is 12.8. The van der Waals surface area contributed by atoms with Gasteiger partial charge in [0.1, 0.15) is 5.82 Å². The molecule has 0 aliphatic heterocycles. The van der Waals surface area contributed by atoms with Gasteiger partial charge in [-0.25, -0.2) is 4.39 Å². The molecule has 1 aromatic carbocycles. The molecule has 90 valence electrons. The van der Waals surface area contributed by atoms with Crippen LogP contribution in [0.1, 0.15) is 20.3 Å². The normalized spacial score (nSPS) is 11.5. The van der Waals surface area contributed by atoms with Crippen molar-refractivity contribution >= 4 is 11.4 Å². The third kappa shape index (κ3) is 3.70. The summed E-state index contributed by atoms with van der Waals surface area (Å²) < 4.78 is 13.4. The van der Waals surface area contributed by atoms with Crippen LogP contribution in [0, 0.1) is 11.2 Å². The minimum absolute atomic E-state index is 0.0669. The Balaban J connectivity index is 2.61. The van der Waals surface area contributed by atoms with E-state index in [2.05, 4.69) is 5.32 Å². The van der Waals surface area contributed by atoms with Gasteiger partial charge in [-0.05, 0) is 30.0 Å². The third-order valence-corrected chi connectivity index (χ3v) is 2.54. The van der Waals surface area contributed by atoms with Crippen LogP contribution in [0.5, 0.6) is 0 Å². The van der Waals surface area contributed by atoms with Crippen molar-refractivity contribution in [2.45, 2.75) is 20.3 Å². The monoisotopic (exact) mass is 226 g/mol. The Morgan fingerprint density at radius 3 is 2.69 bits per heavy atom. The zero-order valence-electron chi connectivity index (χ0n) is 9.76. The van der Waals surface area contributed by atoms with Crippen molar-refractivity contribution in [3.63, 3.8) is 0 Å². The minimum Gasteiger partial charge on any atom is -0.399 e. The van der Waals surface area contributed by atoms with Crippen LogP contribution < -0.4 is 11.1 Å². The molecular formula is C12H19FN2O. The summed E-state index contributed by atoms with van der Waals surface area (Å²) in [7, 11) is 0. The molecule has 0 heterocycles. The summed E-state index contributed by atoms with van der Waals surface area (Å²) in [5.74, 6) is -0.347. The Kier molecular flexibility index (Phi) is 4.12. The molecule has 0 radical (unpaired) electrons. The van der Waals surface area contributed by atoms with Gasteiger partial charge in [-0.3, -0.25) is 0 Å². The predicted molar refractivity (Wildman–Crippen MR) is 64.8 cm³/mol. The molecule has 0 unspecified atom stereocenters. The highest BCUT2D eigenvalue weighted by Gasteiger charge is 2.17. The molecular weight excluding hydrogens is 207 g/mol. The van der Waals surface area contributed by atoms with E-state index >= 15 is 0 Å². The largest absolute Gasteiger partial charge is 0.399 e. The molecule has 0 aliphatic rings. The van der Waals surface area contributed by atoms with E-state index in [1.807, 2.05) is 13.8 Å². The smallest absolute Gasteiger partial charge is 0.148 e. The van der Waals surface area contributed by atoms with Crippen LogP contribution in [0.15, 0.2) is 18.2 Å². The molecule has 1 rings (SSSR count). The number of aliphatic hydroxyl groups is 1. The lowest BCUT2D eigenvalue weighted by Gasteiger charge is -2.24. The quantitative estimate of drug-likeness (QED) is 0.675. The van der Waals surface area contributed by atoms with Crippen LogP contribution in [0.4, 0.5) is 15.8 Å². The summed E-state index contributed by atoms with van der Waals surface area (Å²) in [6, 6.07) is 4.57. The van der Waals surface area contributed by atoms with Crippen LogP contribution in [-0.4, -0.2) is 18.3 Å². The van der Waals surface area contributed by atoms with Crippen molar-refractivity contribution in [2.24, 2.45) is 5.41 Å². The minimum atomic E-state index is -0.347. The summed E-state index contributed by atoms with van der Waals surface area (Å²) in [5, 5.41) is 11.9. The number of benzene rings is 1. The van der Waals surface area contributed by atoms with Gasteiger partial charge >= 0.3 is 0 Å².